The van der Waals surface area contributed by atoms with Gasteiger partial charge in [0, 0.05) is 24.2 Å². The zero-order chi connectivity index (χ0) is 20.1. The van der Waals surface area contributed by atoms with Crippen molar-refractivity contribution >= 4 is 11.6 Å². The van der Waals surface area contributed by atoms with Crippen LogP contribution in [0, 0.1) is 22.9 Å². The summed E-state index contributed by atoms with van der Waals surface area (Å²) in [5.41, 5.74) is 2.08. The second-order valence-electron chi connectivity index (χ2n) is 6.23. The molecular formula is C20H18FN3O4. The SMILES string of the molecule is Cc1oc(-c2ccc(F)cc2)nc1CC(=O)NCCc1ccc([N+](=O)[O-])cc1. The topological polar surface area (TPSA) is 98.3 Å². The van der Waals surface area contributed by atoms with Gasteiger partial charge >= 0.3 is 0 Å². The van der Waals surface area contributed by atoms with Crippen LogP contribution in [0.15, 0.2) is 52.9 Å². The molecular weight excluding hydrogens is 365 g/mol. The fourth-order valence-corrected chi connectivity index (χ4v) is 2.65. The third-order valence-electron chi connectivity index (χ3n) is 4.19. The number of carbonyl (C=O) groups is 1. The third kappa shape index (κ3) is 4.79. The van der Waals surface area contributed by atoms with Crippen molar-refractivity contribution in [2.45, 2.75) is 19.8 Å². The first-order valence-electron chi connectivity index (χ1n) is 8.64. The molecule has 28 heavy (non-hydrogen) atoms. The van der Waals surface area contributed by atoms with Gasteiger partial charge in [-0.2, -0.15) is 0 Å². The third-order valence-corrected chi connectivity index (χ3v) is 4.19. The molecule has 0 saturated carbocycles. The smallest absolute Gasteiger partial charge is 0.269 e. The van der Waals surface area contributed by atoms with Crippen LogP contribution in [-0.4, -0.2) is 22.4 Å². The summed E-state index contributed by atoms with van der Waals surface area (Å²) >= 11 is 0. The number of hydrogen-bond donors (Lipinski definition) is 1. The molecule has 8 heteroatoms. The van der Waals surface area contributed by atoms with Crippen LogP contribution in [0.25, 0.3) is 11.5 Å². The van der Waals surface area contributed by atoms with Crippen molar-refractivity contribution < 1.29 is 18.5 Å². The maximum absolute atomic E-state index is 13.0. The second-order valence-corrected chi connectivity index (χ2v) is 6.23. The van der Waals surface area contributed by atoms with Crippen molar-refractivity contribution in [1.82, 2.24) is 10.3 Å². The van der Waals surface area contributed by atoms with Crippen LogP contribution in [0.2, 0.25) is 0 Å². The summed E-state index contributed by atoms with van der Waals surface area (Å²) in [7, 11) is 0. The first-order chi connectivity index (χ1) is 13.4. The molecule has 0 aliphatic carbocycles. The average molecular weight is 383 g/mol. The molecule has 3 rings (SSSR count). The summed E-state index contributed by atoms with van der Waals surface area (Å²) in [6, 6.07) is 12.0. The van der Waals surface area contributed by atoms with Gasteiger partial charge in [-0.3, -0.25) is 14.9 Å². The van der Waals surface area contributed by atoms with Gasteiger partial charge in [0.2, 0.25) is 11.8 Å². The van der Waals surface area contributed by atoms with E-state index in [0.29, 0.717) is 35.9 Å². The minimum Gasteiger partial charge on any atom is -0.441 e. The number of aromatic nitrogens is 1. The number of non-ortho nitro benzene ring substituents is 1. The number of oxazole rings is 1. The van der Waals surface area contributed by atoms with Crippen LogP contribution in [0.1, 0.15) is 17.0 Å². The quantitative estimate of drug-likeness (QED) is 0.496. The number of rotatable bonds is 7. The van der Waals surface area contributed by atoms with Gasteiger partial charge in [-0.25, -0.2) is 9.37 Å². The molecule has 0 atom stereocenters. The second kappa shape index (κ2) is 8.43. The Morgan fingerprint density at radius 2 is 1.86 bits per heavy atom. The largest absolute Gasteiger partial charge is 0.441 e. The van der Waals surface area contributed by atoms with E-state index in [2.05, 4.69) is 10.3 Å². The lowest BCUT2D eigenvalue weighted by Crippen LogP contribution is -2.27. The Bertz CT molecular complexity index is 982. The van der Waals surface area contributed by atoms with Gasteiger partial charge in [-0.1, -0.05) is 12.1 Å². The summed E-state index contributed by atoms with van der Waals surface area (Å²) in [5, 5.41) is 13.4. The molecule has 0 fully saturated rings. The zero-order valence-corrected chi connectivity index (χ0v) is 15.1. The molecule has 1 N–H and O–H groups in total. The standard InChI is InChI=1S/C20H18FN3O4/c1-13-18(23-20(28-13)15-4-6-16(21)7-5-15)12-19(25)22-11-10-14-2-8-17(9-3-14)24(26)27/h2-9H,10-12H2,1H3,(H,22,25). The Kier molecular flexibility index (Phi) is 5.78. The van der Waals surface area contributed by atoms with Crippen LogP contribution in [0.4, 0.5) is 10.1 Å². The highest BCUT2D eigenvalue weighted by atomic mass is 19.1. The minimum absolute atomic E-state index is 0.0336. The first-order valence-corrected chi connectivity index (χ1v) is 8.64. The number of nitro groups is 1. The first kappa shape index (κ1) is 19.2. The normalized spacial score (nSPS) is 10.6. The average Bonchev–Trinajstić information content (AvgIpc) is 3.03. The summed E-state index contributed by atoms with van der Waals surface area (Å²) in [4.78, 5) is 26.7. The Morgan fingerprint density at radius 3 is 2.50 bits per heavy atom. The molecule has 0 radical (unpaired) electrons. The van der Waals surface area contributed by atoms with Gasteiger partial charge in [-0.15, -0.1) is 0 Å². The molecule has 0 aliphatic rings. The number of nitro benzene ring substituents is 1. The molecule has 0 unspecified atom stereocenters. The molecule has 1 aromatic heterocycles. The maximum Gasteiger partial charge on any atom is 0.269 e. The zero-order valence-electron chi connectivity index (χ0n) is 15.1. The number of amides is 1. The number of benzene rings is 2. The van der Waals surface area contributed by atoms with Gasteiger partial charge in [0.15, 0.2) is 0 Å². The number of aryl methyl sites for hydroxylation is 1. The molecule has 1 amide bonds. The summed E-state index contributed by atoms with van der Waals surface area (Å²) in [6.07, 6.45) is 0.624. The number of carbonyl (C=O) groups excluding carboxylic acids is 1. The number of nitrogens with zero attached hydrogens (tertiary/aromatic N) is 2. The number of halogens is 1. The Morgan fingerprint density at radius 1 is 1.18 bits per heavy atom. The molecule has 0 aliphatic heterocycles. The Balaban J connectivity index is 1.53. The molecule has 2 aromatic carbocycles. The van der Waals surface area contributed by atoms with Crippen LogP contribution in [0.5, 0.6) is 0 Å². The van der Waals surface area contributed by atoms with Gasteiger partial charge in [0.1, 0.15) is 11.6 Å². The lowest BCUT2D eigenvalue weighted by molar-refractivity contribution is -0.384. The van der Waals surface area contributed by atoms with E-state index in [1.54, 1.807) is 31.2 Å². The van der Waals surface area contributed by atoms with Crippen LogP contribution < -0.4 is 5.32 Å². The predicted octanol–water partition coefficient (Wildman–Crippen LogP) is 3.60. The number of nitrogens with one attached hydrogen (secondary N) is 1. The highest BCUT2D eigenvalue weighted by Gasteiger charge is 2.14. The minimum atomic E-state index is -0.452. The van der Waals surface area contributed by atoms with Crippen LogP contribution in [-0.2, 0) is 17.6 Å². The van der Waals surface area contributed by atoms with Gasteiger partial charge < -0.3 is 9.73 Å². The lowest BCUT2D eigenvalue weighted by Gasteiger charge is -2.04. The van der Waals surface area contributed by atoms with Gasteiger partial charge in [-0.05, 0) is 43.2 Å². The van der Waals surface area contributed by atoms with Crippen molar-refractivity contribution in [3.05, 3.63) is 81.5 Å². The lowest BCUT2D eigenvalue weighted by atomic mass is 10.1. The summed E-state index contributed by atoms with van der Waals surface area (Å²) in [5.74, 6) is 0.319. The van der Waals surface area contributed by atoms with Crippen molar-refractivity contribution in [3.8, 4) is 11.5 Å². The fourth-order valence-electron chi connectivity index (χ4n) is 2.65. The van der Waals surface area contributed by atoms with Crippen LogP contribution >= 0.6 is 0 Å². The van der Waals surface area contributed by atoms with Crippen molar-refractivity contribution in [3.63, 3.8) is 0 Å². The van der Waals surface area contributed by atoms with E-state index in [0.717, 1.165) is 5.56 Å². The molecule has 3 aromatic rings. The van der Waals surface area contributed by atoms with Crippen molar-refractivity contribution in [2.75, 3.05) is 6.54 Å². The molecule has 144 valence electrons. The van der Waals surface area contributed by atoms with E-state index in [1.807, 2.05) is 0 Å². The maximum atomic E-state index is 13.0. The number of hydrogen-bond acceptors (Lipinski definition) is 5. The predicted molar refractivity (Wildman–Crippen MR) is 100 cm³/mol. The highest BCUT2D eigenvalue weighted by molar-refractivity contribution is 5.78. The molecule has 0 spiro atoms. The Labute approximate surface area is 160 Å². The molecule has 0 saturated heterocycles. The molecule has 0 bridgehead atoms. The van der Waals surface area contributed by atoms with Gasteiger partial charge in [0.25, 0.3) is 5.69 Å². The van der Waals surface area contributed by atoms with E-state index in [9.17, 15) is 19.3 Å². The monoisotopic (exact) mass is 383 g/mol. The van der Waals surface area contributed by atoms with Crippen molar-refractivity contribution in [2.24, 2.45) is 0 Å². The molecule has 1 heterocycles. The van der Waals surface area contributed by atoms with Crippen molar-refractivity contribution in [1.29, 1.82) is 0 Å². The summed E-state index contributed by atoms with van der Waals surface area (Å²) < 4.78 is 18.6. The van der Waals surface area contributed by atoms with E-state index >= 15 is 0 Å². The Hall–Kier alpha value is -3.55. The van der Waals surface area contributed by atoms with Crippen LogP contribution in [0.3, 0.4) is 0 Å². The van der Waals surface area contributed by atoms with Gasteiger partial charge in [0.05, 0.1) is 17.0 Å². The van der Waals surface area contributed by atoms with E-state index < -0.39 is 4.92 Å². The van der Waals surface area contributed by atoms with E-state index in [-0.39, 0.29) is 23.8 Å². The summed E-state index contributed by atoms with van der Waals surface area (Å²) in [6.45, 7) is 2.12. The fraction of sp³-hybridized carbons (Fsp3) is 0.200. The van der Waals surface area contributed by atoms with E-state index in [1.165, 1.54) is 24.3 Å². The van der Waals surface area contributed by atoms with E-state index in [4.69, 9.17) is 4.42 Å². The molecule has 7 nitrogen and oxygen atoms in total. The highest BCUT2D eigenvalue weighted by Crippen LogP contribution is 2.22.